The van der Waals surface area contributed by atoms with Crippen molar-refractivity contribution < 1.29 is 9.53 Å². The predicted molar refractivity (Wildman–Crippen MR) is 57.7 cm³/mol. The molecule has 2 heterocycles. The standard InChI is InChI=1S/C11H20N2O2/c1-8(2)6-13-7-10(15-11(13)14)9-3-4-12-5-9/h8-10,12H,3-7H2,1-2H3. The maximum atomic E-state index is 11.6. The topological polar surface area (TPSA) is 41.6 Å². The number of amides is 1. The van der Waals surface area contributed by atoms with Gasteiger partial charge in [-0.2, -0.15) is 0 Å². The van der Waals surface area contributed by atoms with E-state index in [1.54, 1.807) is 0 Å². The van der Waals surface area contributed by atoms with E-state index in [4.69, 9.17) is 4.74 Å². The molecule has 15 heavy (non-hydrogen) atoms. The zero-order valence-corrected chi connectivity index (χ0v) is 9.53. The zero-order chi connectivity index (χ0) is 10.8. The zero-order valence-electron chi connectivity index (χ0n) is 9.53. The summed E-state index contributed by atoms with van der Waals surface area (Å²) in [7, 11) is 0. The van der Waals surface area contributed by atoms with Gasteiger partial charge in [0.15, 0.2) is 0 Å². The number of hydrogen-bond donors (Lipinski definition) is 1. The molecule has 2 saturated heterocycles. The van der Waals surface area contributed by atoms with Crippen LogP contribution in [0, 0.1) is 11.8 Å². The van der Waals surface area contributed by atoms with Crippen LogP contribution < -0.4 is 5.32 Å². The van der Waals surface area contributed by atoms with Crippen molar-refractivity contribution in [3.8, 4) is 0 Å². The first-order valence-corrected chi connectivity index (χ1v) is 5.83. The molecule has 0 aromatic heterocycles. The molecule has 4 nitrogen and oxygen atoms in total. The summed E-state index contributed by atoms with van der Waals surface area (Å²) < 4.78 is 5.41. The van der Waals surface area contributed by atoms with E-state index in [0.29, 0.717) is 11.8 Å². The van der Waals surface area contributed by atoms with Gasteiger partial charge in [0.05, 0.1) is 6.54 Å². The molecule has 86 valence electrons. The van der Waals surface area contributed by atoms with Gasteiger partial charge in [-0.1, -0.05) is 13.8 Å². The van der Waals surface area contributed by atoms with Crippen molar-refractivity contribution in [3.05, 3.63) is 0 Å². The van der Waals surface area contributed by atoms with Crippen LogP contribution in [0.15, 0.2) is 0 Å². The monoisotopic (exact) mass is 212 g/mol. The number of carbonyl (C=O) groups excluding carboxylic acids is 1. The number of carbonyl (C=O) groups is 1. The molecule has 0 spiro atoms. The van der Waals surface area contributed by atoms with Gasteiger partial charge in [0.1, 0.15) is 6.10 Å². The highest BCUT2D eigenvalue weighted by Gasteiger charge is 2.37. The maximum Gasteiger partial charge on any atom is 0.410 e. The second kappa shape index (κ2) is 4.39. The fourth-order valence-electron chi connectivity index (χ4n) is 2.36. The third-order valence-electron chi connectivity index (χ3n) is 3.12. The van der Waals surface area contributed by atoms with Gasteiger partial charge >= 0.3 is 6.09 Å². The number of nitrogens with one attached hydrogen (secondary N) is 1. The second-order valence-corrected chi connectivity index (χ2v) is 4.97. The highest BCUT2D eigenvalue weighted by molar-refractivity contribution is 5.69. The highest BCUT2D eigenvalue weighted by atomic mass is 16.6. The van der Waals surface area contributed by atoms with Crippen molar-refractivity contribution in [2.75, 3.05) is 26.2 Å². The molecular formula is C11H20N2O2. The van der Waals surface area contributed by atoms with Crippen LogP contribution in [0.25, 0.3) is 0 Å². The van der Waals surface area contributed by atoms with Gasteiger partial charge in [-0.05, 0) is 18.9 Å². The lowest BCUT2D eigenvalue weighted by molar-refractivity contribution is 0.107. The molecule has 0 bridgehead atoms. The first-order chi connectivity index (χ1) is 7.16. The Labute approximate surface area is 91.0 Å². The first-order valence-electron chi connectivity index (χ1n) is 5.83. The molecule has 0 radical (unpaired) electrons. The SMILES string of the molecule is CC(C)CN1CC(C2CCNC2)OC1=O. The minimum atomic E-state index is -0.124. The van der Waals surface area contributed by atoms with Crippen molar-refractivity contribution in [2.24, 2.45) is 11.8 Å². The molecule has 2 atom stereocenters. The molecular weight excluding hydrogens is 192 g/mol. The van der Waals surface area contributed by atoms with Crippen LogP contribution in [-0.2, 0) is 4.74 Å². The Hall–Kier alpha value is -0.770. The summed E-state index contributed by atoms with van der Waals surface area (Å²) in [5.41, 5.74) is 0. The van der Waals surface area contributed by atoms with E-state index in [2.05, 4.69) is 19.2 Å². The Kier molecular flexibility index (Phi) is 3.14. The van der Waals surface area contributed by atoms with Crippen LogP contribution in [0.1, 0.15) is 20.3 Å². The number of nitrogens with zero attached hydrogens (tertiary/aromatic N) is 1. The van der Waals surface area contributed by atoms with Crippen LogP contribution in [0.2, 0.25) is 0 Å². The van der Waals surface area contributed by atoms with Crippen molar-refractivity contribution in [1.29, 1.82) is 0 Å². The van der Waals surface area contributed by atoms with Gasteiger partial charge < -0.3 is 15.0 Å². The summed E-state index contributed by atoms with van der Waals surface area (Å²) in [4.78, 5) is 13.4. The third-order valence-corrected chi connectivity index (χ3v) is 3.12. The lowest BCUT2D eigenvalue weighted by Crippen LogP contribution is -2.31. The van der Waals surface area contributed by atoms with E-state index in [1.807, 2.05) is 4.90 Å². The maximum absolute atomic E-state index is 11.6. The minimum Gasteiger partial charge on any atom is -0.444 e. The van der Waals surface area contributed by atoms with Crippen molar-refractivity contribution in [2.45, 2.75) is 26.4 Å². The molecule has 0 aromatic carbocycles. The average Bonchev–Trinajstić information content (AvgIpc) is 2.75. The number of hydrogen-bond acceptors (Lipinski definition) is 3. The van der Waals surface area contributed by atoms with Gasteiger partial charge in [0.2, 0.25) is 0 Å². The Bertz CT molecular complexity index is 237. The summed E-state index contributed by atoms with van der Waals surface area (Å²) in [5.74, 6) is 1.03. The van der Waals surface area contributed by atoms with Crippen molar-refractivity contribution >= 4 is 6.09 Å². The van der Waals surface area contributed by atoms with E-state index >= 15 is 0 Å². The summed E-state index contributed by atoms with van der Waals surface area (Å²) in [5, 5.41) is 3.31. The van der Waals surface area contributed by atoms with E-state index in [0.717, 1.165) is 32.6 Å². The van der Waals surface area contributed by atoms with Crippen LogP contribution in [0.5, 0.6) is 0 Å². The largest absolute Gasteiger partial charge is 0.444 e. The fourth-order valence-corrected chi connectivity index (χ4v) is 2.36. The normalized spacial score (nSPS) is 31.4. The van der Waals surface area contributed by atoms with E-state index in [1.165, 1.54) is 0 Å². The smallest absolute Gasteiger partial charge is 0.410 e. The van der Waals surface area contributed by atoms with Gasteiger partial charge in [-0.25, -0.2) is 4.79 Å². The molecule has 2 unspecified atom stereocenters. The Morgan fingerprint density at radius 2 is 2.40 bits per heavy atom. The second-order valence-electron chi connectivity index (χ2n) is 4.97. The van der Waals surface area contributed by atoms with Gasteiger partial charge in [-0.15, -0.1) is 0 Å². The first kappa shape index (κ1) is 10.7. The lowest BCUT2D eigenvalue weighted by Gasteiger charge is -2.16. The van der Waals surface area contributed by atoms with E-state index in [9.17, 15) is 4.79 Å². The van der Waals surface area contributed by atoms with Gasteiger partial charge in [0, 0.05) is 19.0 Å². The van der Waals surface area contributed by atoms with Gasteiger partial charge in [0.25, 0.3) is 0 Å². The van der Waals surface area contributed by atoms with Crippen LogP contribution in [0.4, 0.5) is 4.79 Å². The molecule has 2 rings (SSSR count). The summed E-state index contributed by atoms with van der Waals surface area (Å²) in [6.45, 7) is 7.89. The summed E-state index contributed by atoms with van der Waals surface area (Å²) in [6.07, 6.45) is 1.12. The average molecular weight is 212 g/mol. The quantitative estimate of drug-likeness (QED) is 0.761. The van der Waals surface area contributed by atoms with Crippen molar-refractivity contribution in [1.82, 2.24) is 10.2 Å². The molecule has 2 aliphatic rings. The molecule has 0 saturated carbocycles. The molecule has 4 heteroatoms. The molecule has 1 N–H and O–H groups in total. The molecule has 0 aromatic rings. The highest BCUT2D eigenvalue weighted by Crippen LogP contribution is 2.23. The molecule has 2 aliphatic heterocycles. The predicted octanol–water partition coefficient (Wildman–Crippen LogP) is 1.07. The van der Waals surface area contributed by atoms with Crippen LogP contribution in [-0.4, -0.2) is 43.3 Å². The fraction of sp³-hybridized carbons (Fsp3) is 0.909. The van der Waals surface area contributed by atoms with Gasteiger partial charge in [-0.3, -0.25) is 0 Å². The minimum absolute atomic E-state index is 0.117. The molecule has 1 amide bonds. The lowest BCUT2D eigenvalue weighted by atomic mass is 10.0. The molecule has 2 fully saturated rings. The molecule has 0 aliphatic carbocycles. The van der Waals surface area contributed by atoms with Crippen LogP contribution in [0.3, 0.4) is 0 Å². The van der Waals surface area contributed by atoms with E-state index < -0.39 is 0 Å². The Morgan fingerprint density at radius 1 is 1.60 bits per heavy atom. The Balaban J connectivity index is 1.88. The number of rotatable bonds is 3. The van der Waals surface area contributed by atoms with Crippen LogP contribution >= 0.6 is 0 Å². The number of ether oxygens (including phenoxy) is 1. The Morgan fingerprint density at radius 3 is 3.00 bits per heavy atom. The number of cyclic esters (lactones) is 1. The van der Waals surface area contributed by atoms with Crippen molar-refractivity contribution in [3.63, 3.8) is 0 Å². The summed E-state index contributed by atoms with van der Waals surface area (Å²) >= 11 is 0. The summed E-state index contributed by atoms with van der Waals surface area (Å²) in [6, 6.07) is 0. The van der Waals surface area contributed by atoms with E-state index in [-0.39, 0.29) is 12.2 Å². The third kappa shape index (κ3) is 2.43.